The molecule has 2 heterocycles. The molecule has 0 N–H and O–H groups in total. The van der Waals surface area contributed by atoms with Crippen molar-refractivity contribution in [3.05, 3.63) is 35.4 Å². The minimum absolute atomic E-state index is 0.161. The van der Waals surface area contributed by atoms with E-state index in [1.165, 1.54) is 12.1 Å². The third kappa shape index (κ3) is 5.91. The maximum Gasteiger partial charge on any atom is 0.416 e. The second-order valence-electron chi connectivity index (χ2n) is 7.31. The predicted molar refractivity (Wildman–Crippen MR) is 92.9 cm³/mol. The van der Waals surface area contributed by atoms with Crippen molar-refractivity contribution in [1.29, 1.82) is 0 Å². The first-order valence-corrected chi connectivity index (χ1v) is 9.59. The molecule has 0 saturated carbocycles. The molecule has 1 aromatic rings. The molecule has 0 spiro atoms. The number of halogens is 3. The van der Waals surface area contributed by atoms with Crippen LogP contribution in [-0.4, -0.2) is 32.7 Å². The summed E-state index contributed by atoms with van der Waals surface area (Å²) in [5.74, 6) is 0.730. The van der Waals surface area contributed by atoms with Gasteiger partial charge in [0, 0.05) is 17.4 Å². The summed E-state index contributed by atoms with van der Waals surface area (Å²) in [6, 6.07) is 4.92. The van der Waals surface area contributed by atoms with Gasteiger partial charge in [-0.05, 0) is 31.4 Å². The van der Waals surface area contributed by atoms with Gasteiger partial charge in [0.1, 0.15) is 0 Å². The Hall–Kier alpha value is -1.15. The van der Waals surface area contributed by atoms with E-state index in [2.05, 4.69) is 6.92 Å². The molecule has 2 fully saturated rings. The van der Waals surface area contributed by atoms with Crippen LogP contribution in [0.4, 0.5) is 13.2 Å². The highest BCUT2D eigenvalue weighted by Crippen LogP contribution is 2.32. The normalized spacial score (nSPS) is 29.6. The topological polar surface area (TPSA) is 36.9 Å². The zero-order valence-corrected chi connectivity index (χ0v) is 15.5. The lowest BCUT2D eigenvalue weighted by Gasteiger charge is -2.32. The minimum atomic E-state index is -4.34. The van der Waals surface area contributed by atoms with E-state index >= 15 is 0 Å². The predicted octanol–water partition coefficient (Wildman–Crippen LogP) is 4.94. The van der Waals surface area contributed by atoms with Crippen molar-refractivity contribution < 1.29 is 32.1 Å². The highest BCUT2D eigenvalue weighted by atomic mass is 19.4. The fourth-order valence-electron chi connectivity index (χ4n) is 3.43. The molecule has 7 heteroatoms. The fourth-order valence-corrected chi connectivity index (χ4v) is 3.43. The molecule has 4 nitrogen and oxygen atoms in total. The smallest absolute Gasteiger partial charge is 0.352 e. The molecule has 0 bridgehead atoms. The van der Waals surface area contributed by atoms with Crippen LogP contribution in [-0.2, 0) is 25.1 Å². The zero-order chi connectivity index (χ0) is 19.3. The van der Waals surface area contributed by atoms with Crippen LogP contribution in [0.5, 0.6) is 0 Å². The number of hydrogen-bond acceptors (Lipinski definition) is 4. The van der Waals surface area contributed by atoms with Crippen molar-refractivity contribution in [2.24, 2.45) is 11.8 Å². The molecule has 0 amide bonds. The van der Waals surface area contributed by atoms with E-state index in [9.17, 15) is 13.2 Å². The molecule has 2 aliphatic heterocycles. The van der Waals surface area contributed by atoms with Crippen LogP contribution in [0.2, 0.25) is 0 Å². The number of ether oxygens (including phenoxy) is 4. The van der Waals surface area contributed by atoms with E-state index in [1.807, 2.05) is 0 Å². The summed E-state index contributed by atoms with van der Waals surface area (Å²) in [6.07, 6.45) is -1.19. The molecule has 0 aliphatic carbocycles. The lowest BCUT2D eigenvalue weighted by Crippen LogP contribution is -2.33. The Bertz CT molecular complexity index is 560. The molecular weight excluding hydrogens is 361 g/mol. The third-order valence-corrected chi connectivity index (χ3v) is 5.02. The summed E-state index contributed by atoms with van der Waals surface area (Å²) in [6.45, 7) is 4.69. The van der Waals surface area contributed by atoms with Crippen molar-refractivity contribution in [2.75, 3.05) is 26.4 Å². The molecule has 2 aliphatic rings. The summed E-state index contributed by atoms with van der Waals surface area (Å²) >= 11 is 0. The monoisotopic (exact) mass is 388 g/mol. The number of rotatable bonds is 6. The molecule has 1 aromatic carbocycles. The van der Waals surface area contributed by atoms with Gasteiger partial charge in [-0.2, -0.15) is 13.2 Å². The van der Waals surface area contributed by atoms with Gasteiger partial charge < -0.3 is 18.9 Å². The van der Waals surface area contributed by atoms with Gasteiger partial charge >= 0.3 is 6.18 Å². The Kier molecular flexibility index (Phi) is 7.14. The quantitative estimate of drug-likeness (QED) is 0.692. The molecule has 27 heavy (non-hydrogen) atoms. The van der Waals surface area contributed by atoms with E-state index in [0.29, 0.717) is 24.7 Å². The lowest BCUT2D eigenvalue weighted by atomic mass is 10.0. The van der Waals surface area contributed by atoms with Crippen molar-refractivity contribution in [1.82, 2.24) is 0 Å². The van der Waals surface area contributed by atoms with E-state index < -0.39 is 18.0 Å². The Morgan fingerprint density at radius 3 is 1.93 bits per heavy atom. The largest absolute Gasteiger partial charge is 0.416 e. The van der Waals surface area contributed by atoms with E-state index in [1.54, 1.807) is 0 Å². The Labute approximate surface area is 157 Å². The van der Waals surface area contributed by atoms with Crippen molar-refractivity contribution in [3.63, 3.8) is 0 Å². The standard InChI is InChI=1S/C20H27F3O4/c1-2-3-14-10-24-18(25-11-14)9-4-15-12-26-19(27-13-15)16-5-7-17(8-6-16)20(21,22)23/h5-8,14-15,18-19H,2-4,9-13H2,1H3/t14-,15-,18-,19-. The molecule has 3 rings (SSSR count). The van der Waals surface area contributed by atoms with Crippen LogP contribution in [0.15, 0.2) is 24.3 Å². The molecule has 0 atom stereocenters. The molecule has 0 unspecified atom stereocenters. The van der Waals surface area contributed by atoms with Crippen LogP contribution in [0.1, 0.15) is 50.0 Å². The van der Waals surface area contributed by atoms with Crippen molar-refractivity contribution in [2.45, 2.75) is 51.4 Å². The average Bonchev–Trinajstić information content (AvgIpc) is 2.68. The van der Waals surface area contributed by atoms with Gasteiger partial charge in [-0.25, -0.2) is 0 Å². The van der Waals surface area contributed by atoms with Crippen LogP contribution in [0.3, 0.4) is 0 Å². The van der Waals surface area contributed by atoms with Gasteiger partial charge in [-0.15, -0.1) is 0 Å². The SMILES string of the molecule is CCC[C@H]1CO[C@H](CC[C@H]2CO[C@H](c3ccc(C(F)(F)F)cc3)OC2)OC1. The zero-order valence-electron chi connectivity index (χ0n) is 15.5. The van der Waals surface area contributed by atoms with Crippen molar-refractivity contribution in [3.8, 4) is 0 Å². The van der Waals surface area contributed by atoms with Gasteiger partial charge in [0.15, 0.2) is 12.6 Å². The maximum absolute atomic E-state index is 12.6. The van der Waals surface area contributed by atoms with Gasteiger partial charge in [-0.3, -0.25) is 0 Å². The Balaban J connectivity index is 1.38. The van der Waals surface area contributed by atoms with Gasteiger partial charge in [0.2, 0.25) is 0 Å². The summed E-state index contributed by atoms with van der Waals surface area (Å²) in [4.78, 5) is 0. The second kappa shape index (κ2) is 9.37. The van der Waals surface area contributed by atoms with Crippen LogP contribution >= 0.6 is 0 Å². The second-order valence-corrected chi connectivity index (χ2v) is 7.31. The Morgan fingerprint density at radius 1 is 0.815 bits per heavy atom. The average molecular weight is 388 g/mol. The first-order valence-electron chi connectivity index (χ1n) is 9.59. The van der Waals surface area contributed by atoms with Crippen LogP contribution in [0.25, 0.3) is 0 Å². The molecule has 152 valence electrons. The number of alkyl halides is 3. The number of hydrogen-bond donors (Lipinski definition) is 0. The summed E-state index contributed by atoms with van der Waals surface area (Å²) < 4.78 is 60.8. The van der Waals surface area contributed by atoms with Crippen LogP contribution < -0.4 is 0 Å². The summed E-state index contributed by atoms with van der Waals surface area (Å²) in [7, 11) is 0. The van der Waals surface area contributed by atoms with Crippen LogP contribution in [0, 0.1) is 11.8 Å². The van der Waals surface area contributed by atoms with Gasteiger partial charge in [-0.1, -0.05) is 25.5 Å². The minimum Gasteiger partial charge on any atom is -0.352 e. The highest BCUT2D eigenvalue weighted by molar-refractivity contribution is 5.25. The lowest BCUT2D eigenvalue weighted by molar-refractivity contribution is -0.220. The fraction of sp³-hybridized carbons (Fsp3) is 0.700. The summed E-state index contributed by atoms with van der Waals surface area (Å²) in [5.41, 5.74) is -0.0732. The van der Waals surface area contributed by atoms with Crippen molar-refractivity contribution >= 4 is 0 Å². The molecule has 2 saturated heterocycles. The maximum atomic E-state index is 12.6. The first kappa shape index (κ1) is 20.6. The number of benzene rings is 1. The third-order valence-electron chi connectivity index (χ3n) is 5.02. The van der Waals surface area contributed by atoms with E-state index in [0.717, 1.165) is 51.0 Å². The molecular formula is C20H27F3O4. The first-order chi connectivity index (χ1) is 13.0. The van der Waals surface area contributed by atoms with E-state index in [4.69, 9.17) is 18.9 Å². The van der Waals surface area contributed by atoms with Gasteiger partial charge in [0.25, 0.3) is 0 Å². The Morgan fingerprint density at radius 2 is 1.37 bits per heavy atom. The molecule has 0 aromatic heterocycles. The van der Waals surface area contributed by atoms with E-state index in [-0.39, 0.29) is 12.2 Å². The summed E-state index contributed by atoms with van der Waals surface area (Å²) in [5, 5.41) is 0. The highest BCUT2D eigenvalue weighted by Gasteiger charge is 2.31. The van der Waals surface area contributed by atoms with Gasteiger partial charge in [0.05, 0.1) is 32.0 Å². The molecule has 0 radical (unpaired) electrons.